The quantitative estimate of drug-likeness (QED) is 0.812. The first-order valence-corrected chi connectivity index (χ1v) is 7.99. The SMILES string of the molecule is COc1cc(NC(=O)CNC(=O)C2CCOCC2)c(OC)cc1Cl. The third-order valence-corrected chi connectivity index (χ3v) is 4.06. The van der Waals surface area contributed by atoms with Crippen molar-refractivity contribution in [1.82, 2.24) is 5.32 Å². The van der Waals surface area contributed by atoms with Gasteiger partial charge < -0.3 is 24.8 Å². The van der Waals surface area contributed by atoms with Gasteiger partial charge in [-0.3, -0.25) is 9.59 Å². The highest BCUT2D eigenvalue weighted by atomic mass is 35.5. The third-order valence-electron chi connectivity index (χ3n) is 3.76. The number of rotatable bonds is 6. The Morgan fingerprint density at radius 3 is 2.50 bits per heavy atom. The molecular formula is C16H21ClN2O5. The molecule has 2 amide bonds. The molecule has 0 saturated carbocycles. The Bertz CT molecular complexity index is 602. The zero-order valence-electron chi connectivity index (χ0n) is 13.7. The van der Waals surface area contributed by atoms with Crippen molar-refractivity contribution < 1.29 is 23.8 Å². The second-order valence-electron chi connectivity index (χ2n) is 5.34. The van der Waals surface area contributed by atoms with Gasteiger partial charge in [-0.25, -0.2) is 0 Å². The Kier molecular flexibility index (Phi) is 6.69. The molecule has 8 heteroatoms. The van der Waals surface area contributed by atoms with E-state index in [0.717, 1.165) is 0 Å². The molecule has 0 aromatic heterocycles. The lowest BCUT2D eigenvalue weighted by molar-refractivity contribution is -0.129. The first-order valence-electron chi connectivity index (χ1n) is 7.62. The van der Waals surface area contributed by atoms with Crippen LogP contribution in [0, 0.1) is 5.92 Å². The maximum atomic E-state index is 12.1. The summed E-state index contributed by atoms with van der Waals surface area (Å²) in [6, 6.07) is 3.12. The molecule has 1 aromatic carbocycles. The number of hydrogen-bond donors (Lipinski definition) is 2. The van der Waals surface area contributed by atoms with Crippen LogP contribution < -0.4 is 20.1 Å². The molecule has 1 fully saturated rings. The molecule has 0 bridgehead atoms. The monoisotopic (exact) mass is 356 g/mol. The minimum atomic E-state index is -0.363. The van der Waals surface area contributed by atoms with Gasteiger partial charge in [0.05, 0.1) is 31.5 Å². The molecule has 1 aromatic rings. The average Bonchev–Trinajstić information content (AvgIpc) is 2.61. The first kappa shape index (κ1) is 18.4. The third kappa shape index (κ3) is 4.75. The summed E-state index contributed by atoms with van der Waals surface area (Å²) in [5, 5.41) is 5.70. The van der Waals surface area contributed by atoms with Crippen LogP contribution in [0.1, 0.15) is 12.8 Å². The van der Waals surface area contributed by atoms with E-state index in [0.29, 0.717) is 48.3 Å². The summed E-state index contributed by atoms with van der Waals surface area (Å²) in [5.41, 5.74) is 0.420. The van der Waals surface area contributed by atoms with E-state index in [2.05, 4.69) is 10.6 Å². The van der Waals surface area contributed by atoms with Crippen LogP contribution in [-0.4, -0.2) is 45.8 Å². The molecule has 2 rings (SSSR count). The lowest BCUT2D eigenvalue weighted by Gasteiger charge is -2.21. The topological polar surface area (TPSA) is 85.9 Å². The Balaban J connectivity index is 1.93. The van der Waals surface area contributed by atoms with Gasteiger partial charge in [0, 0.05) is 31.3 Å². The largest absolute Gasteiger partial charge is 0.495 e. The van der Waals surface area contributed by atoms with Crippen LogP contribution in [0.25, 0.3) is 0 Å². The fourth-order valence-electron chi connectivity index (χ4n) is 2.42. The smallest absolute Gasteiger partial charge is 0.243 e. The van der Waals surface area contributed by atoms with E-state index in [-0.39, 0.29) is 24.3 Å². The van der Waals surface area contributed by atoms with Gasteiger partial charge in [0.2, 0.25) is 11.8 Å². The van der Waals surface area contributed by atoms with Crippen molar-refractivity contribution in [3.05, 3.63) is 17.2 Å². The van der Waals surface area contributed by atoms with Crippen LogP contribution in [0.2, 0.25) is 5.02 Å². The molecule has 1 heterocycles. The van der Waals surface area contributed by atoms with E-state index in [4.69, 9.17) is 25.8 Å². The van der Waals surface area contributed by atoms with Crippen molar-refractivity contribution in [2.45, 2.75) is 12.8 Å². The van der Waals surface area contributed by atoms with Gasteiger partial charge in [0.15, 0.2) is 0 Å². The van der Waals surface area contributed by atoms with E-state index in [1.807, 2.05) is 0 Å². The molecule has 2 N–H and O–H groups in total. The second kappa shape index (κ2) is 8.75. The number of hydrogen-bond acceptors (Lipinski definition) is 5. The summed E-state index contributed by atoms with van der Waals surface area (Å²) in [4.78, 5) is 24.1. The number of benzene rings is 1. The van der Waals surface area contributed by atoms with Gasteiger partial charge in [-0.05, 0) is 12.8 Å². The number of carbonyl (C=O) groups excluding carboxylic acids is 2. The highest BCUT2D eigenvalue weighted by Gasteiger charge is 2.22. The highest BCUT2D eigenvalue weighted by molar-refractivity contribution is 6.32. The van der Waals surface area contributed by atoms with Crippen molar-refractivity contribution in [3.63, 3.8) is 0 Å². The Hall–Kier alpha value is -1.99. The van der Waals surface area contributed by atoms with Gasteiger partial charge >= 0.3 is 0 Å². The van der Waals surface area contributed by atoms with Gasteiger partial charge in [0.1, 0.15) is 11.5 Å². The number of carbonyl (C=O) groups is 2. The molecule has 0 radical (unpaired) electrons. The zero-order valence-corrected chi connectivity index (χ0v) is 14.4. The van der Waals surface area contributed by atoms with Gasteiger partial charge in [0.25, 0.3) is 0 Å². The van der Waals surface area contributed by atoms with Crippen molar-refractivity contribution in [2.75, 3.05) is 39.3 Å². The van der Waals surface area contributed by atoms with Crippen LogP contribution in [-0.2, 0) is 14.3 Å². The maximum absolute atomic E-state index is 12.1. The number of ether oxygens (including phenoxy) is 3. The summed E-state index contributed by atoms with van der Waals surface area (Å²) in [5.74, 6) is 0.229. The van der Waals surface area contributed by atoms with Crippen molar-refractivity contribution in [3.8, 4) is 11.5 Å². The number of methoxy groups -OCH3 is 2. The van der Waals surface area contributed by atoms with E-state index < -0.39 is 0 Å². The van der Waals surface area contributed by atoms with Crippen LogP contribution >= 0.6 is 11.6 Å². The maximum Gasteiger partial charge on any atom is 0.243 e. The number of anilines is 1. The van der Waals surface area contributed by atoms with Crippen LogP contribution in [0.15, 0.2) is 12.1 Å². The fourth-order valence-corrected chi connectivity index (χ4v) is 2.65. The zero-order chi connectivity index (χ0) is 17.5. The van der Waals surface area contributed by atoms with Gasteiger partial charge in [-0.15, -0.1) is 0 Å². The van der Waals surface area contributed by atoms with Gasteiger partial charge in [-0.2, -0.15) is 0 Å². The van der Waals surface area contributed by atoms with Crippen molar-refractivity contribution in [1.29, 1.82) is 0 Å². The van der Waals surface area contributed by atoms with E-state index in [1.165, 1.54) is 14.2 Å². The fraction of sp³-hybridized carbons (Fsp3) is 0.500. The lowest BCUT2D eigenvalue weighted by atomic mass is 9.99. The summed E-state index contributed by atoms with van der Waals surface area (Å²) in [6.45, 7) is 1.03. The first-order chi connectivity index (χ1) is 11.5. The minimum Gasteiger partial charge on any atom is -0.495 e. The Morgan fingerprint density at radius 2 is 1.88 bits per heavy atom. The molecule has 0 aliphatic carbocycles. The Labute approximate surface area is 145 Å². The molecule has 1 aliphatic rings. The van der Waals surface area contributed by atoms with E-state index in [9.17, 15) is 9.59 Å². The molecule has 132 valence electrons. The second-order valence-corrected chi connectivity index (χ2v) is 5.75. The average molecular weight is 357 g/mol. The number of halogens is 1. The van der Waals surface area contributed by atoms with Crippen molar-refractivity contribution in [2.24, 2.45) is 5.92 Å². The summed E-state index contributed by atoms with van der Waals surface area (Å²) < 4.78 is 15.5. The van der Waals surface area contributed by atoms with Crippen LogP contribution in [0.3, 0.4) is 0 Å². The molecule has 24 heavy (non-hydrogen) atoms. The predicted molar refractivity (Wildman–Crippen MR) is 89.7 cm³/mol. The molecule has 1 aliphatic heterocycles. The molecular weight excluding hydrogens is 336 g/mol. The standard InChI is InChI=1S/C16H21ClN2O5/c1-22-13-8-12(14(23-2)7-11(13)17)19-15(20)9-18-16(21)10-3-5-24-6-4-10/h7-8,10H,3-6,9H2,1-2H3,(H,18,21)(H,19,20). The number of amides is 2. The lowest BCUT2D eigenvalue weighted by Crippen LogP contribution is -2.38. The molecule has 0 atom stereocenters. The molecule has 7 nitrogen and oxygen atoms in total. The predicted octanol–water partition coefficient (Wildman–Crippen LogP) is 1.84. The molecule has 1 saturated heterocycles. The van der Waals surface area contributed by atoms with Gasteiger partial charge in [-0.1, -0.05) is 11.6 Å². The molecule has 0 spiro atoms. The summed E-state index contributed by atoms with van der Waals surface area (Å²) in [7, 11) is 2.95. The Morgan fingerprint density at radius 1 is 1.21 bits per heavy atom. The van der Waals surface area contributed by atoms with Crippen LogP contribution in [0.5, 0.6) is 11.5 Å². The summed E-state index contributed by atoms with van der Waals surface area (Å²) >= 11 is 6.02. The number of nitrogens with one attached hydrogen (secondary N) is 2. The van der Waals surface area contributed by atoms with Crippen LogP contribution in [0.4, 0.5) is 5.69 Å². The van der Waals surface area contributed by atoms with E-state index >= 15 is 0 Å². The van der Waals surface area contributed by atoms with E-state index in [1.54, 1.807) is 12.1 Å². The minimum absolute atomic E-state index is 0.100. The molecule has 0 unspecified atom stereocenters. The normalized spacial score (nSPS) is 14.8. The van der Waals surface area contributed by atoms with Crippen molar-refractivity contribution >= 4 is 29.1 Å². The highest BCUT2D eigenvalue weighted by Crippen LogP contribution is 2.35. The summed E-state index contributed by atoms with van der Waals surface area (Å²) in [6.07, 6.45) is 1.35.